The number of imidazole rings is 1. The van der Waals surface area contributed by atoms with Crippen LogP contribution >= 0.6 is 0 Å². The van der Waals surface area contributed by atoms with Gasteiger partial charge in [-0.15, -0.1) is 0 Å². The Morgan fingerprint density at radius 2 is 2.05 bits per heavy atom. The molecule has 0 radical (unpaired) electrons. The lowest BCUT2D eigenvalue weighted by molar-refractivity contribution is 0.158. The highest BCUT2D eigenvalue weighted by Gasteiger charge is 2.13. The van der Waals surface area contributed by atoms with Gasteiger partial charge in [0.25, 0.3) is 0 Å². The first-order valence-corrected chi connectivity index (χ1v) is 6.68. The van der Waals surface area contributed by atoms with Gasteiger partial charge in [-0.1, -0.05) is 0 Å². The van der Waals surface area contributed by atoms with Crippen LogP contribution in [0.1, 0.15) is 30.9 Å². The van der Waals surface area contributed by atoms with Crippen LogP contribution in [0.25, 0.3) is 5.78 Å². The first kappa shape index (κ1) is 14.0. The zero-order valence-corrected chi connectivity index (χ0v) is 12.1. The van der Waals surface area contributed by atoms with E-state index in [0.717, 1.165) is 29.4 Å². The van der Waals surface area contributed by atoms with E-state index in [1.807, 2.05) is 23.6 Å². The van der Waals surface area contributed by atoms with Crippen LogP contribution in [0.2, 0.25) is 0 Å². The molecule has 2 aromatic rings. The van der Waals surface area contributed by atoms with E-state index in [1.165, 1.54) is 0 Å². The van der Waals surface area contributed by atoms with Crippen molar-refractivity contribution >= 4 is 5.78 Å². The quantitative estimate of drug-likeness (QED) is 0.888. The minimum absolute atomic E-state index is 0.169. The molecule has 0 spiro atoms. The smallest absolute Gasteiger partial charge is 0.234 e. The van der Waals surface area contributed by atoms with E-state index >= 15 is 0 Å². The van der Waals surface area contributed by atoms with Gasteiger partial charge in [-0.25, -0.2) is 9.97 Å². The maximum atomic E-state index is 9.10. The number of fused-ring (bicyclic) bond motifs is 1. The van der Waals surface area contributed by atoms with Crippen LogP contribution in [-0.4, -0.2) is 43.6 Å². The zero-order chi connectivity index (χ0) is 14.0. The molecule has 0 aliphatic carbocycles. The molecule has 0 saturated carbocycles. The van der Waals surface area contributed by atoms with Crippen molar-refractivity contribution in [3.8, 4) is 0 Å². The summed E-state index contributed by atoms with van der Waals surface area (Å²) in [6.07, 6.45) is 2.03. The molecule has 1 N–H and O–H groups in total. The fourth-order valence-corrected chi connectivity index (χ4v) is 2.25. The normalized spacial score (nSPS) is 11.9. The third kappa shape index (κ3) is 3.11. The summed E-state index contributed by atoms with van der Waals surface area (Å²) in [6, 6.07) is 2.43. The molecule has 2 aromatic heterocycles. The molecule has 0 saturated heterocycles. The molecule has 5 heteroatoms. The Labute approximate surface area is 113 Å². The Kier molecular flexibility index (Phi) is 4.17. The van der Waals surface area contributed by atoms with Crippen molar-refractivity contribution in [3.63, 3.8) is 0 Å². The Morgan fingerprint density at radius 3 is 2.68 bits per heavy atom. The Balaban J connectivity index is 2.28. The Bertz CT molecular complexity index is 562. The third-order valence-electron chi connectivity index (χ3n) is 3.29. The van der Waals surface area contributed by atoms with E-state index in [2.05, 4.69) is 35.6 Å². The molecule has 0 fully saturated rings. The van der Waals surface area contributed by atoms with Crippen molar-refractivity contribution in [1.82, 2.24) is 19.3 Å². The number of aliphatic hydroxyl groups excluding tert-OH is 1. The predicted molar refractivity (Wildman–Crippen MR) is 75.1 cm³/mol. The molecule has 5 nitrogen and oxygen atoms in total. The molecular formula is C14H22N4O. The summed E-state index contributed by atoms with van der Waals surface area (Å²) < 4.78 is 2.01. The largest absolute Gasteiger partial charge is 0.395 e. The Morgan fingerprint density at radius 1 is 1.32 bits per heavy atom. The van der Waals surface area contributed by atoms with Gasteiger partial charge in [-0.05, 0) is 33.8 Å². The van der Waals surface area contributed by atoms with Gasteiger partial charge in [0.15, 0.2) is 0 Å². The fourth-order valence-electron chi connectivity index (χ4n) is 2.25. The molecule has 0 bridgehead atoms. The molecule has 0 unspecified atom stereocenters. The van der Waals surface area contributed by atoms with Gasteiger partial charge in [0.1, 0.15) is 0 Å². The van der Waals surface area contributed by atoms with Crippen LogP contribution < -0.4 is 0 Å². The van der Waals surface area contributed by atoms with Crippen molar-refractivity contribution < 1.29 is 5.11 Å². The second kappa shape index (κ2) is 5.67. The number of hydrogen-bond acceptors (Lipinski definition) is 4. The van der Waals surface area contributed by atoms with Crippen molar-refractivity contribution in [2.24, 2.45) is 0 Å². The fraction of sp³-hybridized carbons (Fsp3) is 0.571. The van der Waals surface area contributed by atoms with Crippen LogP contribution in [-0.2, 0) is 6.54 Å². The van der Waals surface area contributed by atoms with Crippen molar-refractivity contribution in [2.45, 2.75) is 40.3 Å². The average Bonchev–Trinajstić information content (AvgIpc) is 2.71. The van der Waals surface area contributed by atoms with Crippen LogP contribution in [0.4, 0.5) is 0 Å². The van der Waals surface area contributed by atoms with Gasteiger partial charge in [0.05, 0.1) is 12.3 Å². The molecule has 2 heterocycles. The number of hydrogen-bond donors (Lipinski definition) is 1. The summed E-state index contributed by atoms with van der Waals surface area (Å²) >= 11 is 0. The molecule has 19 heavy (non-hydrogen) atoms. The summed E-state index contributed by atoms with van der Waals surface area (Å²) in [4.78, 5) is 11.2. The maximum absolute atomic E-state index is 9.10. The number of nitrogens with zero attached hydrogens (tertiary/aromatic N) is 4. The third-order valence-corrected chi connectivity index (χ3v) is 3.29. The van der Waals surface area contributed by atoms with Gasteiger partial charge in [0.2, 0.25) is 5.78 Å². The SMILES string of the molecule is Cc1cc(C)n2cc(CN(CCO)C(C)C)nc2n1. The number of aryl methyl sites for hydroxylation is 2. The van der Waals surface area contributed by atoms with Crippen molar-refractivity contribution in [2.75, 3.05) is 13.2 Å². The topological polar surface area (TPSA) is 53.7 Å². The second-order valence-electron chi connectivity index (χ2n) is 5.23. The van der Waals surface area contributed by atoms with Gasteiger partial charge >= 0.3 is 0 Å². The summed E-state index contributed by atoms with van der Waals surface area (Å²) in [5, 5.41) is 9.10. The molecule has 0 aliphatic heterocycles. The lowest BCUT2D eigenvalue weighted by Crippen LogP contribution is -2.33. The van der Waals surface area contributed by atoms with Gasteiger partial charge in [-0.2, -0.15) is 0 Å². The highest BCUT2D eigenvalue weighted by molar-refractivity contribution is 5.34. The van der Waals surface area contributed by atoms with E-state index in [1.54, 1.807) is 0 Å². The van der Waals surface area contributed by atoms with E-state index in [0.29, 0.717) is 12.6 Å². The molecule has 0 atom stereocenters. The van der Waals surface area contributed by atoms with Gasteiger partial charge in [0, 0.05) is 36.7 Å². The standard InChI is InChI=1S/C14H22N4O/c1-10(2)17(5-6-19)8-13-9-18-12(4)7-11(3)15-14(18)16-13/h7,9-10,19H,5-6,8H2,1-4H3. The minimum atomic E-state index is 0.169. The summed E-state index contributed by atoms with van der Waals surface area (Å²) in [6.45, 7) is 9.85. The van der Waals surface area contributed by atoms with Crippen LogP contribution in [0, 0.1) is 13.8 Å². The minimum Gasteiger partial charge on any atom is -0.395 e. The highest BCUT2D eigenvalue weighted by Crippen LogP contribution is 2.11. The lowest BCUT2D eigenvalue weighted by atomic mass is 10.3. The van der Waals surface area contributed by atoms with Crippen LogP contribution in [0.5, 0.6) is 0 Å². The van der Waals surface area contributed by atoms with Crippen molar-refractivity contribution in [3.05, 3.63) is 29.3 Å². The number of aliphatic hydroxyl groups is 1. The Hall–Kier alpha value is -1.46. The zero-order valence-electron chi connectivity index (χ0n) is 12.1. The van der Waals surface area contributed by atoms with E-state index in [9.17, 15) is 0 Å². The molecule has 104 valence electrons. The van der Waals surface area contributed by atoms with E-state index in [-0.39, 0.29) is 6.61 Å². The van der Waals surface area contributed by atoms with E-state index in [4.69, 9.17) is 5.11 Å². The molecule has 0 aromatic carbocycles. The summed E-state index contributed by atoms with van der Waals surface area (Å²) in [7, 11) is 0. The van der Waals surface area contributed by atoms with Gasteiger partial charge in [-0.3, -0.25) is 9.30 Å². The van der Waals surface area contributed by atoms with E-state index < -0.39 is 0 Å². The first-order chi connectivity index (χ1) is 9.01. The number of rotatable bonds is 5. The molecule has 2 rings (SSSR count). The maximum Gasteiger partial charge on any atom is 0.234 e. The summed E-state index contributed by atoms with van der Waals surface area (Å²) in [5.41, 5.74) is 3.11. The van der Waals surface area contributed by atoms with Crippen molar-refractivity contribution in [1.29, 1.82) is 0 Å². The summed E-state index contributed by atoms with van der Waals surface area (Å²) in [5.74, 6) is 0.750. The number of aromatic nitrogens is 3. The first-order valence-electron chi connectivity index (χ1n) is 6.68. The molecule has 0 amide bonds. The predicted octanol–water partition coefficient (Wildman–Crippen LogP) is 1.55. The lowest BCUT2D eigenvalue weighted by Gasteiger charge is -2.24. The van der Waals surface area contributed by atoms with Crippen LogP contribution in [0.15, 0.2) is 12.3 Å². The monoisotopic (exact) mass is 262 g/mol. The average molecular weight is 262 g/mol. The highest BCUT2D eigenvalue weighted by atomic mass is 16.3. The van der Waals surface area contributed by atoms with Crippen LogP contribution in [0.3, 0.4) is 0 Å². The second-order valence-corrected chi connectivity index (χ2v) is 5.23. The van der Waals surface area contributed by atoms with Gasteiger partial charge < -0.3 is 5.11 Å². The molecular weight excluding hydrogens is 240 g/mol. The molecule has 0 aliphatic rings.